The molecular weight excluding hydrogens is 296 g/mol. The van der Waals surface area contributed by atoms with E-state index in [4.69, 9.17) is 14.2 Å². The van der Waals surface area contributed by atoms with E-state index < -0.39 is 5.60 Å². The fraction of sp³-hybridized carbons (Fsp3) is 0.556. The quantitative estimate of drug-likeness (QED) is 0.799. The van der Waals surface area contributed by atoms with Gasteiger partial charge in [0, 0.05) is 12.3 Å². The van der Waals surface area contributed by atoms with Gasteiger partial charge in [-0.25, -0.2) is 4.79 Å². The van der Waals surface area contributed by atoms with Crippen LogP contribution in [0.4, 0.5) is 0 Å². The van der Waals surface area contributed by atoms with E-state index in [1.54, 1.807) is 6.07 Å². The zero-order valence-electron chi connectivity index (χ0n) is 13.6. The van der Waals surface area contributed by atoms with Gasteiger partial charge >= 0.3 is 11.9 Å². The summed E-state index contributed by atoms with van der Waals surface area (Å²) in [6.07, 6.45) is 3.50. The van der Waals surface area contributed by atoms with Gasteiger partial charge < -0.3 is 14.2 Å². The van der Waals surface area contributed by atoms with Gasteiger partial charge in [-0.15, -0.1) is 0 Å². The molecule has 4 rings (SSSR count). The van der Waals surface area contributed by atoms with Crippen LogP contribution in [0, 0.1) is 5.41 Å². The van der Waals surface area contributed by atoms with Crippen molar-refractivity contribution in [1.29, 1.82) is 0 Å². The summed E-state index contributed by atoms with van der Waals surface area (Å²) in [7, 11) is 1.39. The molecule has 0 amide bonds. The van der Waals surface area contributed by atoms with E-state index in [1.165, 1.54) is 14.0 Å². The summed E-state index contributed by atoms with van der Waals surface area (Å²) in [4.78, 5) is 23.1. The molecule has 1 aromatic rings. The van der Waals surface area contributed by atoms with Crippen molar-refractivity contribution < 1.29 is 23.8 Å². The maximum atomic E-state index is 12.1. The van der Waals surface area contributed by atoms with Crippen molar-refractivity contribution in [2.24, 2.45) is 5.41 Å². The van der Waals surface area contributed by atoms with Crippen LogP contribution in [-0.2, 0) is 24.6 Å². The molecule has 124 valence electrons. The second kappa shape index (κ2) is 5.96. The summed E-state index contributed by atoms with van der Waals surface area (Å²) in [6, 6.07) is 7.50. The highest BCUT2D eigenvalue weighted by Gasteiger charge is 2.52. The molecule has 0 aromatic heterocycles. The number of ether oxygens (including phenoxy) is 3. The lowest BCUT2D eigenvalue weighted by Crippen LogP contribution is -2.51. The van der Waals surface area contributed by atoms with Gasteiger partial charge in [0.25, 0.3) is 0 Å². The number of rotatable bonds is 4. The molecule has 3 aliphatic rings. The molecule has 3 fully saturated rings. The van der Waals surface area contributed by atoms with Gasteiger partial charge in [-0.1, -0.05) is 18.2 Å². The molecule has 0 atom stereocenters. The maximum absolute atomic E-state index is 12.1. The first-order valence-corrected chi connectivity index (χ1v) is 7.95. The van der Waals surface area contributed by atoms with Crippen LogP contribution >= 0.6 is 0 Å². The zero-order chi connectivity index (χ0) is 16.5. The van der Waals surface area contributed by atoms with E-state index in [1.807, 2.05) is 18.2 Å². The van der Waals surface area contributed by atoms with E-state index in [0.717, 1.165) is 31.2 Å². The largest absolute Gasteiger partial charge is 0.465 e. The predicted molar refractivity (Wildman–Crippen MR) is 82.9 cm³/mol. The molecule has 2 bridgehead atoms. The molecule has 2 saturated heterocycles. The molecule has 2 aliphatic heterocycles. The number of hydrogen-bond donors (Lipinski definition) is 0. The Morgan fingerprint density at radius 1 is 1.17 bits per heavy atom. The van der Waals surface area contributed by atoms with Crippen molar-refractivity contribution in [1.82, 2.24) is 0 Å². The molecule has 2 heterocycles. The minimum atomic E-state index is -0.428. The number of methoxy groups -OCH3 is 1. The fourth-order valence-corrected chi connectivity index (χ4v) is 3.72. The Hall–Kier alpha value is -1.88. The SMILES string of the molecule is COC(=O)c1ccccc1C12CCC(COC(C)=O)(CC1)CO2. The van der Waals surface area contributed by atoms with E-state index in [9.17, 15) is 9.59 Å². The molecule has 0 N–H and O–H groups in total. The van der Waals surface area contributed by atoms with Crippen LogP contribution in [-0.4, -0.2) is 32.3 Å². The third kappa shape index (κ3) is 2.85. The van der Waals surface area contributed by atoms with Crippen LogP contribution in [0.5, 0.6) is 0 Å². The van der Waals surface area contributed by atoms with Gasteiger partial charge in [0.1, 0.15) is 0 Å². The average Bonchev–Trinajstić information content (AvgIpc) is 2.61. The molecule has 0 spiro atoms. The molecule has 5 nitrogen and oxygen atoms in total. The average molecular weight is 318 g/mol. The summed E-state index contributed by atoms with van der Waals surface area (Å²) >= 11 is 0. The number of benzene rings is 1. The maximum Gasteiger partial charge on any atom is 0.338 e. The number of fused-ring (bicyclic) bond motifs is 3. The lowest BCUT2D eigenvalue weighted by Gasteiger charge is -2.53. The first-order chi connectivity index (χ1) is 11.0. The second-order valence-electron chi connectivity index (χ2n) is 6.60. The number of hydrogen-bond acceptors (Lipinski definition) is 5. The summed E-state index contributed by atoms with van der Waals surface area (Å²) < 4.78 is 16.4. The van der Waals surface area contributed by atoms with E-state index in [0.29, 0.717) is 18.8 Å². The van der Waals surface area contributed by atoms with Gasteiger partial charge in [0.15, 0.2) is 0 Å². The standard InChI is InChI=1S/C18H22O5/c1-13(19)22-11-17-7-9-18(10-8-17,23-12-17)15-6-4-3-5-14(15)16(20)21-2/h3-6H,7-12H2,1-2H3. The van der Waals surface area contributed by atoms with Crippen molar-refractivity contribution in [3.63, 3.8) is 0 Å². The third-order valence-corrected chi connectivity index (χ3v) is 5.18. The Kier molecular flexibility index (Phi) is 4.15. The Bertz CT molecular complexity index is 597. The van der Waals surface area contributed by atoms with Crippen molar-refractivity contribution in [2.75, 3.05) is 20.3 Å². The monoisotopic (exact) mass is 318 g/mol. The van der Waals surface area contributed by atoms with Gasteiger partial charge in [-0.05, 0) is 37.3 Å². The molecule has 1 aliphatic carbocycles. The second-order valence-corrected chi connectivity index (χ2v) is 6.60. The first-order valence-electron chi connectivity index (χ1n) is 7.95. The Balaban J connectivity index is 1.83. The van der Waals surface area contributed by atoms with Crippen LogP contribution in [0.2, 0.25) is 0 Å². The minimum absolute atomic E-state index is 0.0758. The van der Waals surface area contributed by atoms with E-state index in [-0.39, 0.29) is 17.4 Å². The number of carbonyl (C=O) groups excluding carboxylic acids is 2. The normalized spacial score (nSPS) is 29.1. The van der Waals surface area contributed by atoms with Crippen LogP contribution in [0.15, 0.2) is 24.3 Å². The van der Waals surface area contributed by atoms with Gasteiger partial charge in [0.05, 0.1) is 31.5 Å². The summed E-state index contributed by atoms with van der Waals surface area (Å²) in [6.45, 7) is 2.40. The van der Waals surface area contributed by atoms with Crippen LogP contribution in [0.3, 0.4) is 0 Å². The van der Waals surface area contributed by atoms with E-state index in [2.05, 4.69) is 0 Å². The first kappa shape index (κ1) is 16.0. The predicted octanol–water partition coefficient (Wildman–Crippen LogP) is 2.82. The number of carbonyl (C=O) groups is 2. The minimum Gasteiger partial charge on any atom is -0.465 e. The zero-order valence-corrected chi connectivity index (χ0v) is 13.6. The summed E-state index contributed by atoms with van der Waals surface area (Å²) in [5, 5.41) is 0. The lowest BCUT2D eigenvalue weighted by molar-refractivity contribution is -0.205. The van der Waals surface area contributed by atoms with Crippen LogP contribution in [0.1, 0.15) is 48.5 Å². The van der Waals surface area contributed by atoms with Gasteiger partial charge in [-0.3, -0.25) is 4.79 Å². The Morgan fingerprint density at radius 2 is 1.87 bits per heavy atom. The smallest absolute Gasteiger partial charge is 0.338 e. The van der Waals surface area contributed by atoms with E-state index >= 15 is 0 Å². The molecule has 5 heteroatoms. The summed E-state index contributed by atoms with van der Waals surface area (Å²) in [5.74, 6) is -0.585. The van der Waals surface area contributed by atoms with Crippen LogP contribution < -0.4 is 0 Å². The fourth-order valence-electron chi connectivity index (χ4n) is 3.72. The highest BCUT2D eigenvalue weighted by atomic mass is 16.5. The van der Waals surface area contributed by atoms with Crippen molar-refractivity contribution in [3.05, 3.63) is 35.4 Å². The van der Waals surface area contributed by atoms with Gasteiger partial charge in [-0.2, -0.15) is 0 Å². The molecular formula is C18H22O5. The Morgan fingerprint density at radius 3 is 2.43 bits per heavy atom. The Labute approximate surface area is 135 Å². The van der Waals surface area contributed by atoms with Crippen LogP contribution in [0.25, 0.3) is 0 Å². The third-order valence-electron chi connectivity index (χ3n) is 5.18. The van der Waals surface area contributed by atoms with Crippen molar-refractivity contribution >= 4 is 11.9 Å². The molecule has 23 heavy (non-hydrogen) atoms. The molecule has 0 radical (unpaired) electrons. The van der Waals surface area contributed by atoms with Crippen molar-refractivity contribution in [3.8, 4) is 0 Å². The molecule has 1 aromatic carbocycles. The highest BCUT2D eigenvalue weighted by Crippen LogP contribution is 2.54. The number of esters is 2. The molecule has 1 saturated carbocycles. The summed E-state index contributed by atoms with van der Waals surface area (Å²) in [5.41, 5.74) is 0.980. The topological polar surface area (TPSA) is 61.8 Å². The highest BCUT2D eigenvalue weighted by molar-refractivity contribution is 5.91. The van der Waals surface area contributed by atoms with Gasteiger partial charge in [0.2, 0.25) is 0 Å². The van der Waals surface area contributed by atoms with Crippen molar-refractivity contribution in [2.45, 2.75) is 38.2 Å². The lowest BCUT2D eigenvalue weighted by atomic mass is 9.64. The molecule has 0 unspecified atom stereocenters.